The Balaban J connectivity index is 2.17. The Kier molecular flexibility index (Phi) is 6.06. The number of halogens is 1. The Morgan fingerprint density at radius 1 is 1.50 bits per heavy atom. The smallest absolute Gasteiger partial charge is 0.0870 e. The molecule has 1 aliphatic carbocycles. The molecule has 0 aromatic carbocycles. The zero-order valence-electron chi connectivity index (χ0n) is 8.92. The topological polar surface area (TPSA) is 29.5 Å². The van der Waals surface area contributed by atoms with Crippen molar-refractivity contribution >= 4 is 15.9 Å². The van der Waals surface area contributed by atoms with Crippen molar-refractivity contribution < 1.29 is 9.84 Å². The van der Waals surface area contributed by atoms with Crippen LogP contribution >= 0.6 is 15.9 Å². The van der Waals surface area contributed by atoms with Gasteiger partial charge in [-0.1, -0.05) is 42.1 Å². The van der Waals surface area contributed by atoms with Gasteiger partial charge >= 0.3 is 0 Å². The van der Waals surface area contributed by atoms with Gasteiger partial charge in [-0.25, -0.2) is 0 Å². The Morgan fingerprint density at radius 2 is 2.29 bits per heavy atom. The van der Waals surface area contributed by atoms with Crippen molar-refractivity contribution in [2.75, 3.05) is 11.9 Å². The van der Waals surface area contributed by atoms with E-state index in [1.54, 1.807) is 0 Å². The summed E-state index contributed by atoms with van der Waals surface area (Å²) in [6, 6.07) is 0. The van der Waals surface area contributed by atoms with Crippen LogP contribution in [-0.2, 0) is 4.74 Å². The average Bonchev–Trinajstić information content (AvgIpc) is 2.26. The van der Waals surface area contributed by atoms with Gasteiger partial charge in [0.05, 0.1) is 18.8 Å². The van der Waals surface area contributed by atoms with Gasteiger partial charge < -0.3 is 9.84 Å². The molecule has 1 N–H and O–H groups in total. The fraction of sp³-hybridized carbons (Fsp3) is 1.00. The lowest BCUT2D eigenvalue weighted by Crippen LogP contribution is -2.27. The third-order valence-corrected chi connectivity index (χ3v) is 3.76. The van der Waals surface area contributed by atoms with Gasteiger partial charge in [-0.3, -0.25) is 0 Å². The van der Waals surface area contributed by atoms with Crippen LogP contribution < -0.4 is 0 Å². The van der Waals surface area contributed by atoms with E-state index in [1.165, 1.54) is 32.1 Å². The molecule has 14 heavy (non-hydrogen) atoms. The lowest BCUT2D eigenvalue weighted by Gasteiger charge is -2.28. The highest BCUT2D eigenvalue weighted by molar-refractivity contribution is 9.09. The van der Waals surface area contributed by atoms with E-state index in [1.807, 2.05) is 0 Å². The monoisotopic (exact) mass is 264 g/mol. The third kappa shape index (κ3) is 4.28. The van der Waals surface area contributed by atoms with Gasteiger partial charge in [0.25, 0.3) is 0 Å². The molecule has 2 nitrogen and oxygen atoms in total. The zero-order valence-corrected chi connectivity index (χ0v) is 10.5. The minimum atomic E-state index is -0.350. The maximum atomic E-state index is 9.34. The molecular weight excluding hydrogens is 244 g/mol. The molecule has 0 aromatic rings. The minimum Gasteiger partial charge on any atom is -0.390 e. The number of aliphatic hydroxyl groups excluding tert-OH is 1. The summed E-state index contributed by atoms with van der Waals surface area (Å²) in [6.07, 6.45) is 6.31. The van der Waals surface area contributed by atoms with Gasteiger partial charge in [0, 0.05) is 5.33 Å². The Morgan fingerprint density at radius 3 is 2.93 bits per heavy atom. The number of hydrogen-bond acceptors (Lipinski definition) is 2. The molecule has 1 aliphatic rings. The van der Waals surface area contributed by atoms with Crippen LogP contribution in [0.25, 0.3) is 0 Å². The number of hydrogen-bond donors (Lipinski definition) is 1. The molecule has 1 saturated carbocycles. The first-order valence-corrected chi connectivity index (χ1v) is 6.74. The highest BCUT2D eigenvalue weighted by atomic mass is 79.9. The highest BCUT2D eigenvalue weighted by Gasteiger charge is 2.21. The molecule has 3 atom stereocenters. The van der Waals surface area contributed by atoms with E-state index in [2.05, 4.69) is 22.9 Å². The maximum absolute atomic E-state index is 9.34. The standard InChI is InChI=1S/C11H21BrO2/c1-2-9-4-3-5-11(6-9)14-8-10(13)7-12/h9-11,13H,2-8H2,1H3. The summed E-state index contributed by atoms with van der Waals surface area (Å²) >= 11 is 3.24. The molecule has 0 heterocycles. The minimum absolute atomic E-state index is 0.350. The zero-order chi connectivity index (χ0) is 10.4. The second-order valence-corrected chi connectivity index (χ2v) is 4.85. The van der Waals surface area contributed by atoms with Crippen molar-refractivity contribution in [2.24, 2.45) is 5.92 Å². The van der Waals surface area contributed by atoms with Crippen molar-refractivity contribution in [3.8, 4) is 0 Å². The molecular formula is C11H21BrO2. The summed E-state index contributed by atoms with van der Waals surface area (Å²) in [6.45, 7) is 2.73. The molecule has 84 valence electrons. The number of alkyl halides is 1. The predicted molar refractivity (Wildman–Crippen MR) is 61.8 cm³/mol. The first-order chi connectivity index (χ1) is 6.76. The fourth-order valence-electron chi connectivity index (χ4n) is 2.06. The summed E-state index contributed by atoms with van der Waals surface area (Å²) in [5.41, 5.74) is 0. The molecule has 0 radical (unpaired) electrons. The van der Waals surface area contributed by atoms with Gasteiger partial charge in [0.15, 0.2) is 0 Å². The van der Waals surface area contributed by atoms with Crippen molar-refractivity contribution in [1.29, 1.82) is 0 Å². The molecule has 0 aliphatic heterocycles. The van der Waals surface area contributed by atoms with Crippen molar-refractivity contribution in [1.82, 2.24) is 0 Å². The Bertz CT molecular complexity index is 152. The Labute approximate surface area is 95.2 Å². The van der Waals surface area contributed by atoms with Crippen molar-refractivity contribution in [3.63, 3.8) is 0 Å². The second kappa shape index (κ2) is 6.81. The van der Waals surface area contributed by atoms with Crippen LogP contribution in [0, 0.1) is 5.92 Å². The van der Waals surface area contributed by atoms with E-state index >= 15 is 0 Å². The van der Waals surface area contributed by atoms with Crippen LogP contribution in [0.2, 0.25) is 0 Å². The van der Waals surface area contributed by atoms with Gasteiger partial charge in [-0.05, 0) is 18.8 Å². The molecule has 1 rings (SSSR count). The number of aliphatic hydroxyl groups is 1. The molecule has 3 heteroatoms. The van der Waals surface area contributed by atoms with Gasteiger partial charge in [0.1, 0.15) is 0 Å². The summed E-state index contributed by atoms with van der Waals surface area (Å²) < 4.78 is 5.69. The first-order valence-electron chi connectivity index (χ1n) is 5.61. The van der Waals surface area contributed by atoms with E-state index in [0.717, 1.165) is 5.92 Å². The first kappa shape index (κ1) is 12.5. The summed E-state index contributed by atoms with van der Waals surface area (Å²) in [4.78, 5) is 0. The van der Waals surface area contributed by atoms with Crippen LogP contribution in [0.3, 0.4) is 0 Å². The number of rotatable bonds is 5. The third-order valence-electron chi connectivity index (χ3n) is 3.01. The maximum Gasteiger partial charge on any atom is 0.0870 e. The van der Waals surface area contributed by atoms with E-state index in [9.17, 15) is 5.11 Å². The summed E-state index contributed by atoms with van der Waals surface area (Å²) in [5, 5.41) is 9.95. The summed E-state index contributed by atoms with van der Waals surface area (Å²) in [5.74, 6) is 0.842. The predicted octanol–water partition coefficient (Wildman–Crippen LogP) is 2.73. The summed E-state index contributed by atoms with van der Waals surface area (Å²) in [7, 11) is 0. The molecule has 3 unspecified atom stereocenters. The number of ether oxygens (including phenoxy) is 1. The Hall–Kier alpha value is 0.400. The van der Waals surface area contributed by atoms with Crippen molar-refractivity contribution in [3.05, 3.63) is 0 Å². The average molecular weight is 265 g/mol. The molecule has 0 amide bonds. The lowest BCUT2D eigenvalue weighted by molar-refractivity contribution is -0.0264. The van der Waals surface area contributed by atoms with E-state index < -0.39 is 0 Å². The van der Waals surface area contributed by atoms with Gasteiger partial charge in [-0.2, -0.15) is 0 Å². The van der Waals surface area contributed by atoms with Crippen LogP contribution in [0.1, 0.15) is 39.0 Å². The van der Waals surface area contributed by atoms with Crippen LogP contribution in [-0.4, -0.2) is 29.3 Å². The molecule has 0 bridgehead atoms. The normalized spacial score (nSPS) is 30.2. The second-order valence-electron chi connectivity index (χ2n) is 4.20. The van der Waals surface area contributed by atoms with Crippen LogP contribution in [0.5, 0.6) is 0 Å². The van der Waals surface area contributed by atoms with Crippen molar-refractivity contribution in [2.45, 2.75) is 51.2 Å². The van der Waals surface area contributed by atoms with Gasteiger partial charge in [0.2, 0.25) is 0 Å². The quantitative estimate of drug-likeness (QED) is 0.774. The van der Waals surface area contributed by atoms with Gasteiger partial charge in [-0.15, -0.1) is 0 Å². The van der Waals surface area contributed by atoms with E-state index in [-0.39, 0.29) is 6.10 Å². The SMILES string of the molecule is CCC1CCCC(OCC(O)CBr)C1. The van der Waals surface area contributed by atoms with E-state index in [0.29, 0.717) is 18.0 Å². The molecule has 0 spiro atoms. The lowest BCUT2D eigenvalue weighted by atomic mass is 9.85. The molecule has 0 aromatic heterocycles. The highest BCUT2D eigenvalue weighted by Crippen LogP contribution is 2.28. The fourth-order valence-corrected chi connectivity index (χ4v) is 2.24. The van der Waals surface area contributed by atoms with E-state index in [4.69, 9.17) is 4.74 Å². The molecule has 1 fully saturated rings. The van der Waals surface area contributed by atoms with Crippen LogP contribution in [0.15, 0.2) is 0 Å². The molecule has 0 saturated heterocycles. The van der Waals surface area contributed by atoms with Crippen LogP contribution in [0.4, 0.5) is 0 Å². The largest absolute Gasteiger partial charge is 0.390 e.